The molecule has 0 bridgehead atoms. The summed E-state index contributed by atoms with van der Waals surface area (Å²) in [5.74, 6) is -1.52. The summed E-state index contributed by atoms with van der Waals surface area (Å²) >= 11 is 5.71. The lowest BCUT2D eigenvalue weighted by atomic mass is 10.2. The highest BCUT2D eigenvalue weighted by atomic mass is 35.5. The Hall–Kier alpha value is -2.47. The van der Waals surface area contributed by atoms with Crippen molar-refractivity contribution < 1.29 is 13.5 Å². The van der Waals surface area contributed by atoms with E-state index in [1.165, 1.54) is 18.2 Å². The van der Waals surface area contributed by atoms with Crippen LogP contribution in [0.2, 0.25) is 5.02 Å². The zero-order valence-electron chi connectivity index (χ0n) is 12.3. The molecule has 0 unspecified atom stereocenters. The summed E-state index contributed by atoms with van der Waals surface area (Å²) < 4.78 is 33.2. The highest BCUT2D eigenvalue weighted by molar-refractivity contribution is 6.32. The average molecular weight is 336 g/mol. The van der Waals surface area contributed by atoms with E-state index in [2.05, 4.69) is 9.97 Å². The molecule has 0 aliphatic rings. The van der Waals surface area contributed by atoms with Gasteiger partial charge in [-0.3, -0.25) is 4.98 Å². The van der Waals surface area contributed by atoms with E-state index in [0.717, 1.165) is 6.07 Å². The summed E-state index contributed by atoms with van der Waals surface area (Å²) in [6.45, 7) is 0. The lowest BCUT2D eigenvalue weighted by molar-refractivity contribution is 0.383. The molecule has 3 rings (SSSR count). The van der Waals surface area contributed by atoms with E-state index in [1.54, 1.807) is 13.1 Å². The first-order valence-corrected chi connectivity index (χ1v) is 7.07. The molecule has 0 fully saturated rings. The number of methoxy groups -OCH3 is 1. The normalized spacial score (nSPS) is 10.8. The van der Waals surface area contributed by atoms with E-state index in [9.17, 15) is 8.78 Å². The van der Waals surface area contributed by atoms with E-state index in [1.807, 2.05) is 18.2 Å². The van der Waals surface area contributed by atoms with Crippen LogP contribution in [0.3, 0.4) is 0 Å². The van der Waals surface area contributed by atoms with E-state index in [4.69, 9.17) is 16.3 Å². The predicted molar refractivity (Wildman–Crippen MR) is 85.5 cm³/mol. The van der Waals surface area contributed by atoms with E-state index in [0.29, 0.717) is 16.9 Å². The van der Waals surface area contributed by atoms with Gasteiger partial charge in [-0.2, -0.15) is 0 Å². The highest BCUT2D eigenvalue weighted by Gasteiger charge is 2.21. The van der Waals surface area contributed by atoms with Gasteiger partial charge in [0, 0.05) is 13.1 Å². The van der Waals surface area contributed by atoms with Gasteiger partial charge in [0.1, 0.15) is 10.8 Å². The van der Waals surface area contributed by atoms with Gasteiger partial charge in [-0.15, -0.1) is 0 Å². The predicted octanol–water partition coefficient (Wildman–Crippen LogP) is 4.34. The van der Waals surface area contributed by atoms with Gasteiger partial charge in [0.05, 0.1) is 30.0 Å². The fourth-order valence-electron chi connectivity index (χ4n) is 2.22. The summed E-state index contributed by atoms with van der Waals surface area (Å²) in [6.07, 6.45) is 1.49. The minimum Gasteiger partial charge on any atom is -0.492 e. The Balaban J connectivity index is 2.11. The Bertz CT molecular complexity index is 889. The second kappa shape index (κ2) is 5.96. The third kappa shape index (κ3) is 2.66. The third-order valence-electron chi connectivity index (χ3n) is 3.44. The number of halogens is 3. The summed E-state index contributed by atoms with van der Waals surface area (Å²) in [4.78, 5) is 10.0. The number of aromatic nitrogens is 2. The SMILES string of the molecule is COc1c(F)c(N(C)c2cnc3ccccc3n2)cc(F)c1Cl. The van der Waals surface area contributed by atoms with Gasteiger partial charge in [0.15, 0.2) is 17.4 Å². The Morgan fingerprint density at radius 3 is 2.57 bits per heavy atom. The molecule has 3 aromatic rings. The molecule has 0 amide bonds. The number of benzene rings is 2. The maximum absolute atomic E-state index is 14.5. The van der Waals surface area contributed by atoms with Crippen molar-refractivity contribution in [2.45, 2.75) is 0 Å². The first-order chi connectivity index (χ1) is 11.0. The van der Waals surface area contributed by atoms with Crippen molar-refractivity contribution in [1.29, 1.82) is 0 Å². The number of hydrogen-bond acceptors (Lipinski definition) is 4. The molecule has 118 valence electrons. The number of hydrogen-bond donors (Lipinski definition) is 0. The van der Waals surface area contributed by atoms with Crippen LogP contribution in [0, 0.1) is 11.6 Å². The zero-order chi connectivity index (χ0) is 16.6. The fraction of sp³-hybridized carbons (Fsp3) is 0.125. The Morgan fingerprint density at radius 1 is 1.17 bits per heavy atom. The maximum Gasteiger partial charge on any atom is 0.190 e. The van der Waals surface area contributed by atoms with Crippen LogP contribution < -0.4 is 9.64 Å². The molecule has 0 saturated carbocycles. The summed E-state index contributed by atoms with van der Waals surface area (Å²) in [7, 11) is 2.79. The fourth-order valence-corrected chi connectivity index (χ4v) is 2.44. The molecule has 7 heteroatoms. The van der Waals surface area contributed by atoms with Crippen molar-refractivity contribution in [2.24, 2.45) is 0 Å². The first-order valence-electron chi connectivity index (χ1n) is 6.70. The largest absolute Gasteiger partial charge is 0.492 e. The molecule has 0 N–H and O–H groups in total. The van der Waals surface area contributed by atoms with Gasteiger partial charge in [0.2, 0.25) is 0 Å². The van der Waals surface area contributed by atoms with E-state index in [-0.39, 0.29) is 11.4 Å². The van der Waals surface area contributed by atoms with Crippen LogP contribution in [-0.4, -0.2) is 24.1 Å². The molecular weight excluding hydrogens is 324 g/mol. The van der Waals surface area contributed by atoms with Crippen molar-refractivity contribution in [1.82, 2.24) is 9.97 Å². The van der Waals surface area contributed by atoms with Crippen LogP contribution in [0.4, 0.5) is 20.3 Å². The molecule has 0 radical (unpaired) electrons. The van der Waals surface area contributed by atoms with Crippen molar-refractivity contribution >= 4 is 34.1 Å². The van der Waals surface area contributed by atoms with Gasteiger partial charge in [-0.05, 0) is 12.1 Å². The second-order valence-electron chi connectivity index (χ2n) is 4.81. The molecular formula is C16H12ClF2N3O. The molecule has 1 heterocycles. The third-order valence-corrected chi connectivity index (χ3v) is 3.79. The minimum absolute atomic E-state index is 0.0478. The van der Waals surface area contributed by atoms with Crippen molar-refractivity contribution in [3.8, 4) is 5.75 Å². The summed E-state index contributed by atoms with van der Waals surface area (Å²) in [5, 5.41) is -0.397. The topological polar surface area (TPSA) is 38.2 Å². The molecule has 0 aliphatic heterocycles. The van der Waals surface area contributed by atoms with Gasteiger partial charge < -0.3 is 9.64 Å². The van der Waals surface area contributed by atoms with Crippen LogP contribution in [-0.2, 0) is 0 Å². The van der Waals surface area contributed by atoms with Crippen LogP contribution >= 0.6 is 11.6 Å². The van der Waals surface area contributed by atoms with Crippen LogP contribution in [0.1, 0.15) is 0 Å². The van der Waals surface area contributed by atoms with Gasteiger partial charge >= 0.3 is 0 Å². The first kappa shape index (κ1) is 15.4. The number of anilines is 2. The average Bonchev–Trinajstić information content (AvgIpc) is 2.57. The molecule has 1 aromatic heterocycles. The lowest BCUT2D eigenvalue weighted by Gasteiger charge is -2.20. The molecule has 0 saturated heterocycles. The maximum atomic E-state index is 14.5. The Kier molecular flexibility index (Phi) is 4.00. The number of para-hydroxylation sites is 2. The summed E-state index contributed by atoms with van der Waals surface area (Å²) in [6, 6.07) is 8.28. The van der Waals surface area contributed by atoms with E-state index < -0.39 is 16.7 Å². The number of nitrogens with zero attached hydrogens (tertiary/aromatic N) is 3. The molecule has 0 aliphatic carbocycles. The zero-order valence-corrected chi connectivity index (χ0v) is 13.1. The van der Waals surface area contributed by atoms with Gasteiger partial charge in [-0.1, -0.05) is 23.7 Å². The second-order valence-corrected chi connectivity index (χ2v) is 5.19. The van der Waals surface area contributed by atoms with Crippen LogP contribution in [0.15, 0.2) is 36.5 Å². The standard InChI is InChI=1S/C16H12ClF2N3O/c1-22(12-7-9(18)14(17)16(23-2)15(12)19)13-8-20-10-5-3-4-6-11(10)21-13/h3-8H,1-2H3. The van der Waals surface area contributed by atoms with Gasteiger partial charge in [0.25, 0.3) is 0 Å². The number of fused-ring (bicyclic) bond motifs is 1. The summed E-state index contributed by atoms with van der Waals surface area (Å²) in [5.41, 5.74) is 1.32. The van der Waals surface area contributed by atoms with E-state index >= 15 is 0 Å². The highest BCUT2D eigenvalue weighted by Crippen LogP contribution is 2.38. The van der Waals surface area contributed by atoms with Gasteiger partial charge in [-0.25, -0.2) is 13.8 Å². The van der Waals surface area contributed by atoms with Crippen LogP contribution in [0.25, 0.3) is 11.0 Å². The molecule has 0 atom stereocenters. The minimum atomic E-state index is -0.777. The molecule has 4 nitrogen and oxygen atoms in total. The molecule has 2 aromatic carbocycles. The van der Waals surface area contributed by atoms with Crippen molar-refractivity contribution in [2.75, 3.05) is 19.1 Å². The Morgan fingerprint density at radius 2 is 1.87 bits per heavy atom. The molecule has 23 heavy (non-hydrogen) atoms. The quantitative estimate of drug-likeness (QED) is 0.667. The van der Waals surface area contributed by atoms with Crippen molar-refractivity contribution in [3.63, 3.8) is 0 Å². The van der Waals surface area contributed by atoms with Crippen molar-refractivity contribution in [3.05, 3.63) is 53.2 Å². The lowest BCUT2D eigenvalue weighted by Crippen LogP contribution is -2.14. The Labute approximate surface area is 136 Å². The van der Waals surface area contributed by atoms with Crippen LogP contribution in [0.5, 0.6) is 5.75 Å². The number of rotatable bonds is 3. The monoisotopic (exact) mass is 335 g/mol. The smallest absolute Gasteiger partial charge is 0.190 e. The molecule has 0 spiro atoms. The number of ether oxygens (including phenoxy) is 1.